The molecule has 0 unspecified atom stereocenters. The first-order valence-corrected chi connectivity index (χ1v) is 6.99. The lowest BCUT2D eigenvalue weighted by molar-refractivity contribution is 0.279. The van der Waals surface area contributed by atoms with Crippen LogP contribution < -0.4 is 11.2 Å². The fraction of sp³-hybridized carbons (Fsp3) is 0.400. The van der Waals surface area contributed by atoms with Crippen molar-refractivity contribution in [3.63, 3.8) is 0 Å². The van der Waals surface area contributed by atoms with Gasteiger partial charge in [-0.15, -0.1) is 0 Å². The monoisotopic (exact) mass is 292 g/mol. The van der Waals surface area contributed by atoms with Gasteiger partial charge in [0, 0.05) is 20.8 Å². The molecule has 1 rings (SSSR count). The maximum absolute atomic E-state index is 13.0. The van der Waals surface area contributed by atoms with Gasteiger partial charge in [-0.3, -0.25) is 18.9 Å². The second-order valence-corrected chi connectivity index (χ2v) is 5.84. The van der Waals surface area contributed by atoms with Crippen molar-refractivity contribution < 1.29 is 18.0 Å². The van der Waals surface area contributed by atoms with Crippen molar-refractivity contribution in [2.75, 3.05) is 20.4 Å². The van der Waals surface area contributed by atoms with Gasteiger partial charge in [0.25, 0.3) is 5.56 Å². The van der Waals surface area contributed by atoms with E-state index in [4.69, 9.17) is 9.05 Å². The third-order valence-corrected chi connectivity index (χ3v) is 4.09. The molecule has 19 heavy (non-hydrogen) atoms. The highest BCUT2D eigenvalue weighted by atomic mass is 31.2. The van der Waals surface area contributed by atoms with Crippen LogP contribution in [-0.4, -0.2) is 29.9 Å². The van der Waals surface area contributed by atoms with Crippen molar-refractivity contribution in [2.45, 2.75) is 6.54 Å². The van der Waals surface area contributed by atoms with Gasteiger partial charge in [0.1, 0.15) is 0 Å². The zero-order chi connectivity index (χ0) is 14.5. The Morgan fingerprint density at radius 3 is 2.58 bits per heavy atom. The van der Waals surface area contributed by atoms with E-state index in [0.717, 1.165) is 10.8 Å². The number of aromatic amines is 1. The smallest absolute Gasteiger partial charge is 0.312 e. The zero-order valence-electron chi connectivity index (χ0n) is 10.5. The molecule has 0 atom stereocenters. The topological polar surface area (TPSA) is 90.4 Å². The number of halogens is 1. The standard InChI is InChI=1S/C10H14FN2O5P/c1-17-19(16,18-2)6-4-3-5-13-7-8(11)9(14)12-10(13)15/h3-4,7H,5-6H2,1-2H3,(H,12,14,15)/b4-3+. The predicted octanol–water partition coefficient (Wildman–Crippen LogP) is 0.718. The largest absolute Gasteiger partial charge is 0.333 e. The average molecular weight is 292 g/mol. The normalized spacial score (nSPS) is 12.2. The Labute approximate surface area is 108 Å². The van der Waals surface area contributed by atoms with Crippen molar-refractivity contribution in [2.24, 2.45) is 0 Å². The molecule has 0 saturated heterocycles. The van der Waals surface area contributed by atoms with Gasteiger partial charge in [-0.2, -0.15) is 4.39 Å². The maximum Gasteiger partial charge on any atom is 0.333 e. The van der Waals surface area contributed by atoms with Crippen molar-refractivity contribution in [3.05, 3.63) is 45.0 Å². The lowest BCUT2D eigenvalue weighted by Crippen LogP contribution is -2.31. The first kappa shape index (κ1) is 15.6. The summed E-state index contributed by atoms with van der Waals surface area (Å²) in [5, 5.41) is 0. The summed E-state index contributed by atoms with van der Waals surface area (Å²) in [6.45, 7) is 0.0277. The van der Waals surface area contributed by atoms with E-state index >= 15 is 0 Å². The quantitative estimate of drug-likeness (QED) is 0.616. The molecule has 1 N–H and O–H groups in total. The molecule has 0 radical (unpaired) electrons. The van der Waals surface area contributed by atoms with E-state index in [1.807, 2.05) is 4.98 Å². The molecule has 0 bridgehead atoms. The Balaban J connectivity index is 2.73. The number of nitrogens with zero attached hydrogens (tertiary/aromatic N) is 1. The molecular formula is C10H14FN2O5P. The number of allylic oxidation sites excluding steroid dienone is 2. The van der Waals surface area contributed by atoms with Gasteiger partial charge in [0.05, 0.1) is 12.4 Å². The SMILES string of the molecule is COP(=O)(C/C=C/Cn1cc(F)c(=O)[nH]c1=O)OC. The molecule has 106 valence electrons. The lowest BCUT2D eigenvalue weighted by Gasteiger charge is -2.10. The fourth-order valence-electron chi connectivity index (χ4n) is 1.23. The molecule has 1 aromatic rings. The number of hydrogen-bond donors (Lipinski definition) is 1. The second-order valence-electron chi connectivity index (χ2n) is 3.52. The minimum absolute atomic E-state index is 0.0277. The van der Waals surface area contributed by atoms with E-state index in [2.05, 4.69) is 0 Å². The van der Waals surface area contributed by atoms with E-state index in [1.165, 1.54) is 26.4 Å². The van der Waals surface area contributed by atoms with Crippen LogP contribution in [0.4, 0.5) is 4.39 Å². The van der Waals surface area contributed by atoms with Crippen molar-refractivity contribution in [1.82, 2.24) is 9.55 Å². The summed E-state index contributed by atoms with van der Waals surface area (Å²) in [6, 6.07) is 0. The maximum atomic E-state index is 13.0. The average Bonchev–Trinajstić information content (AvgIpc) is 2.40. The highest BCUT2D eigenvalue weighted by Crippen LogP contribution is 2.46. The summed E-state index contributed by atoms with van der Waals surface area (Å²) in [7, 11) is -0.610. The summed E-state index contributed by atoms with van der Waals surface area (Å²) in [5.74, 6) is -1.05. The molecule has 0 aliphatic heterocycles. The molecule has 0 aromatic carbocycles. The van der Waals surface area contributed by atoms with Gasteiger partial charge in [-0.05, 0) is 0 Å². The summed E-state index contributed by atoms with van der Waals surface area (Å²) >= 11 is 0. The molecule has 1 heterocycles. The Hall–Kier alpha value is -1.50. The first-order chi connectivity index (χ1) is 8.91. The molecule has 0 aliphatic carbocycles. The van der Waals surface area contributed by atoms with Gasteiger partial charge >= 0.3 is 13.3 Å². The van der Waals surface area contributed by atoms with Crippen LogP contribution in [0.5, 0.6) is 0 Å². The fourth-order valence-corrected chi connectivity index (χ4v) is 2.09. The van der Waals surface area contributed by atoms with Crippen LogP contribution in [0, 0.1) is 5.82 Å². The number of nitrogens with one attached hydrogen (secondary N) is 1. The number of H-pyrrole nitrogens is 1. The molecule has 0 aliphatic rings. The van der Waals surface area contributed by atoms with Crippen LogP contribution in [0.15, 0.2) is 27.9 Å². The van der Waals surface area contributed by atoms with Crippen LogP contribution in [-0.2, 0) is 20.2 Å². The van der Waals surface area contributed by atoms with Crippen molar-refractivity contribution in [3.8, 4) is 0 Å². The van der Waals surface area contributed by atoms with Gasteiger partial charge < -0.3 is 9.05 Å². The first-order valence-electron chi connectivity index (χ1n) is 5.26. The molecule has 7 nitrogen and oxygen atoms in total. The summed E-state index contributed by atoms with van der Waals surface area (Å²) < 4.78 is 35.0. The van der Waals surface area contributed by atoms with Crippen LogP contribution in [0.3, 0.4) is 0 Å². The minimum Gasteiger partial charge on any atom is -0.312 e. The van der Waals surface area contributed by atoms with Crippen molar-refractivity contribution in [1.29, 1.82) is 0 Å². The molecule has 0 amide bonds. The summed E-state index contributed by atoms with van der Waals surface area (Å²) in [5.41, 5.74) is -1.79. The summed E-state index contributed by atoms with van der Waals surface area (Å²) in [4.78, 5) is 23.9. The Morgan fingerprint density at radius 1 is 1.37 bits per heavy atom. The predicted molar refractivity (Wildman–Crippen MR) is 66.9 cm³/mol. The minimum atomic E-state index is -3.14. The number of rotatable bonds is 6. The van der Waals surface area contributed by atoms with E-state index in [9.17, 15) is 18.5 Å². The van der Waals surface area contributed by atoms with E-state index in [0.29, 0.717) is 0 Å². The van der Waals surface area contributed by atoms with Gasteiger partial charge in [-0.1, -0.05) is 12.2 Å². The van der Waals surface area contributed by atoms with E-state index in [-0.39, 0.29) is 12.7 Å². The summed E-state index contributed by atoms with van der Waals surface area (Å²) in [6.07, 6.45) is 3.81. The highest BCUT2D eigenvalue weighted by molar-refractivity contribution is 7.54. The molecular weight excluding hydrogens is 278 g/mol. The van der Waals surface area contributed by atoms with Gasteiger partial charge in [-0.25, -0.2) is 4.79 Å². The van der Waals surface area contributed by atoms with Gasteiger partial charge in [0.15, 0.2) is 0 Å². The number of hydrogen-bond acceptors (Lipinski definition) is 5. The van der Waals surface area contributed by atoms with Crippen LogP contribution in [0.2, 0.25) is 0 Å². The Bertz CT molecular complexity index is 613. The van der Waals surface area contributed by atoms with Crippen LogP contribution >= 0.6 is 7.60 Å². The second kappa shape index (κ2) is 6.60. The molecule has 1 aromatic heterocycles. The highest BCUT2D eigenvalue weighted by Gasteiger charge is 2.17. The van der Waals surface area contributed by atoms with E-state index < -0.39 is 24.7 Å². The van der Waals surface area contributed by atoms with E-state index in [1.54, 1.807) is 0 Å². The van der Waals surface area contributed by atoms with Crippen molar-refractivity contribution >= 4 is 7.60 Å². The molecule has 0 spiro atoms. The number of aromatic nitrogens is 2. The molecule has 0 saturated carbocycles. The third-order valence-electron chi connectivity index (χ3n) is 2.32. The molecule has 0 fully saturated rings. The Morgan fingerprint density at radius 2 is 2.00 bits per heavy atom. The Kier molecular flexibility index (Phi) is 5.41. The molecule has 9 heteroatoms. The lowest BCUT2D eigenvalue weighted by atomic mass is 10.5. The zero-order valence-corrected chi connectivity index (χ0v) is 11.4. The van der Waals surface area contributed by atoms with Crippen LogP contribution in [0.1, 0.15) is 0 Å². The third kappa shape index (κ3) is 4.27. The van der Waals surface area contributed by atoms with Crippen LogP contribution in [0.25, 0.3) is 0 Å². The van der Waals surface area contributed by atoms with Gasteiger partial charge in [0.2, 0.25) is 5.82 Å².